The van der Waals surface area contributed by atoms with Crippen LogP contribution in [0.2, 0.25) is 0 Å². The van der Waals surface area contributed by atoms with Gasteiger partial charge in [0.1, 0.15) is 0 Å². The molecule has 0 unspecified atom stereocenters. The Morgan fingerprint density at radius 3 is 2.25 bits per heavy atom. The molecule has 0 saturated heterocycles. The Morgan fingerprint density at radius 2 is 1.75 bits per heavy atom. The first-order chi connectivity index (χ1) is 9.43. The van der Waals surface area contributed by atoms with Crippen molar-refractivity contribution in [1.29, 1.82) is 0 Å². The van der Waals surface area contributed by atoms with Gasteiger partial charge in [-0.05, 0) is 37.1 Å². The van der Waals surface area contributed by atoms with Crippen molar-refractivity contribution in [2.75, 3.05) is 19.0 Å². The van der Waals surface area contributed by atoms with E-state index < -0.39 is 0 Å². The molecule has 0 fully saturated rings. The lowest BCUT2D eigenvalue weighted by Gasteiger charge is -2.17. The van der Waals surface area contributed by atoms with Gasteiger partial charge in [0.15, 0.2) is 0 Å². The Kier molecular flexibility index (Phi) is 6.03. The van der Waals surface area contributed by atoms with Crippen LogP contribution in [0.4, 0.5) is 5.69 Å². The van der Waals surface area contributed by atoms with Crippen molar-refractivity contribution >= 4 is 17.6 Å². The summed E-state index contributed by atoms with van der Waals surface area (Å²) < 4.78 is 4.62. The fourth-order valence-electron chi connectivity index (χ4n) is 1.50. The summed E-state index contributed by atoms with van der Waals surface area (Å²) >= 11 is 0. The molecule has 0 aliphatic heterocycles. The summed E-state index contributed by atoms with van der Waals surface area (Å²) in [4.78, 5) is 23.0. The van der Waals surface area contributed by atoms with Crippen molar-refractivity contribution in [3.8, 4) is 0 Å². The molecule has 0 heterocycles. The van der Waals surface area contributed by atoms with Crippen LogP contribution in [0.25, 0.3) is 0 Å². The van der Waals surface area contributed by atoms with Gasteiger partial charge in [0.25, 0.3) is 0 Å². The number of methoxy groups -OCH3 is 1. The Labute approximate surface area is 119 Å². The number of rotatable bonds is 6. The molecule has 1 atom stereocenters. The monoisotopic (exact) mass is 278 g/mol. The largest absolute Gasteiger partial charge is 0.465 e. The molecule has 0 radical (unpaired) electrons. The average molecular weight is 278 g/mol. The number of ether oxygens (including phenoxy) is 1. The third-order valence-corrected chi connectivity index (χ3v) is 3.15. The Bertz CT molecular complexity index is 455. The van der Waals surface area contributed by atoms with Gasteiger partial charge in [-0.15, -0.1) is 0 Å². The normalized spacial score (nSPS) is 11.8. The van der Waals surface area contributed by atoms with E-state index in [2.05, 4.69) is 29.2 Å². The number of carbonyl (C=O) groups is 2. The molecule has 0 spiro atoms. The van der Waals surface area contributed by atoms with Crippen LogP contribution >= 0.6 is 0 Å². The summed E-state index contributed by atoms with van der Waals surface area (Å²) in [6.45, 7) is 6.30. The third kappa shape index (κ3) is 4.91. The molecule has 0 aliphatic carbocycles. The summed E-state index contributed by atoms with van der Waals surface area (Å²) in [5.41, 5.74) is 1.26. The van der Waals surface area contributed by atoms with E-state index in [1.54, 1.807) is 24.3 Å². The molecule has 0 aromatic heterocycles. The number of esters is 1. The molecule has 1 rings (SSSR count). The van der Waals surface area contributed by atoms with Gasteiger partial charge in [-0.2, -0.15) is 0 Å². The minimum absolute atomic E-state index is 0.0526. The number of benzene rings is 1. The van der Waals surface area contributed by atoms with E-state index in [4.69, 9.17) is 0 Å². The molecule has 0 saturated carbocycles. The van der Waals surface area contributed by atoms with Crippen LogP contribution in [0.1, 0.15) is 31.1 Å². The van der Waals surface area contributed by atoms with Crippen molar-refractivity contribution in [3.05, 3.63) is 29.8 Å². The number of anilines is 1. The maximum Gasteiger partial charge on any atom is 0.337 e. The zero-order valence-electron chi connectivity index (χ0n) is 12.4. The molecule has 1 aromatic rings. The van der Waals surface area contributed by atoms with Crippen molar-refractivity contribution in [1.82, 2.24) is 5.32 Å². The summed E-state index contributed by atoms with van der Waals surface area (Å²) in [5, 5.41) is 5.92. The average Bonchev–Trinajstić information content (AvgIpc) is 2.44. The molecule has 5 heteroatoms. The molecule has 0 bridgehead atoms. The van der Waals surface area contributed by atoms with Crippen LogP contribution in [0.15, 0.2) is 24.3 Å². The van der Waals surface area contributed by atoms with Gasteiger partial charge in [-0.25, -0.2) is 4.79 Å². The second kappa shape index (κ2) is 7.53. The Hall–Kier alpha value is -2.04. The third-order valence-electron chi connectivity index (χ3n) is 3.15. The first-order valence-corrected chi connectivity index (χ1v) is 6.65. The molecule has 5 nitrogen and oxygen atoms in total. The van der Waals surface area contributed by atoms with Crippen molar-refractivity contribution in [2.24, 2.45) is 5.92 Å². The minimum Gasteiger partial charge on any atom is -0.465 e. The Morgan fingerprint density at radius 1 is 1.15 bits per heavy atom. The lowest BCUT2D eigenvalue weighted by molar-refractivity contribution is -0.120. The lowest BCUT2D eigenvalue weighted by Crippen LogP contribution is -2.39. The van der Waals surface area contributed by atoms with Gasteiger partial charge < -0.3 is 15.4 Å². The van der Waals surface area contributed by atoms with Gasteiger partial charge in [0, 0.05) is 11.7 Å². The second-order valence-corrected chi connectivity index (χ2v) is 5.02. The maximum absolute atomic E-state index is 11.7. The quantitative estimate of drug-likeness (QED) is 0.781. The second-order valence-electron chi connectivity index (χ2n) is 5.02. The van der Waals surface area contributed by atoms with Crippen LogP contribution in [-0.2, 0) is 9.53 Å². The highest BCUT2D eigenvalue weighted by atomic mass is 16.5. The fourth-order valence-corrected chi connectivity index (χ4v) is 1.50. The molecule has 20 heavy (non-hydrogen) atoms. The van der Waals surface area contributed by atoms with Gasteiger partial charge in [-0.3, -0.25) is 4.79 Å². The molecular formula is C15H22N2O3. The van der Waals surface area contributed by atoms with Crippen molar-refractivity contribution in [3.63, 3.8) is 0 Å². The maximum atomic E-state index is 11.7. The van der Waals surface area contributed by atoms with Gasteiger partial charge in [-0.1, -0.05) is 13.8 Å². The van der Waals surface area contributed by atoms with E-state index in [0.717, 1.165) is 5.69 Å². The predicted octanol–water partition coefficient (Wildman–Crippen LogP) is 2.05. The molecule has 1 aromatic carbocycles. The number of amides is 1. The highest BCUT2D eigenvalue weighted by molar-refractivity contribution is 5.89. The topological polar surface area (TPSA) is 67.4 Å². The highest BCUT2D eigenvalue weighted by Gasteiger charge is 2.10. The van der Waals surface area contributed by atoms with Crippen LogP contribution < -0.4 is 10.6 Å². The van der Waals surface area contributed by atoms with E-state index in [1.165, 1.54) is 7.11 Å². The first kappa shape index (κ1) is 16.0. The summed E-state index contributed by atoms with van der Waals surface area (Å²) in [6.07, 6.45) is 0. The molecular weight excluding hydrogens is 256 g/mol. The standard InChI is InChI=1S/C15H22N2O3/c1-10(2)11(3)17-14(18)9-16-13-7-5-12(6-8-13)15(19)20-4/h5-8,10-11,16H,9H2,1-4H3,(H,17,18)/t11-/m0/s1. The van der Waals surface area contributed by atoms with Gasteiger partial charge in [0.05, 0.1) is 19.2 Å². The summed E-state index contributed by atoms with van der Waals surface area (Å²) in [7, 11) is 1.34. The highest BCUT2D eigenvalue weighted by Crippen LogP contribution is 2.10. The van der Waals surface area contributed by atoms with E-state index in [9.17, 15) is 9.59 Å². The summed E-state index contributed by atoms with van der Waals surface area (Å²) in [6, 6.07) is 6.94. The van der Waals surface area contributed by atoms with Crippen LogP contribution in [0.5, 0.6) is 0 Å². The zero-order valence-corrected chi connectivity index (χ0v) is 12.4. The predicted molar refractivity (Wildman–Crippen MR) is 78.7 cm³/mol. The molecule has 1 amide bonds. The minimum atomic E-state index is -0.375. The van der Waals surface area contributed by atoms with Gasteiger partial charge >= 0.3 is 5.97 Å². The van der Waals surface area contributed by atoms with Gasteiger partial charge in [0.2, 0.25) is 5.91 Å². The summed E-state index contributed by atoms with van der Waals surface area (Å²) in [5.74, 6) is -0.0263. The molecule has 2 N–H and O–H groups in total. The van der Waals surface area contributed by atoms with Crippen LogP contribution in [0.3, 0.4) is 0 Å². The van der Waals surface area contributed by atoms with Crippen molar-refractivity contribution in [2.45, 2.75) is 26.8 Å². The van der Waals surface area contributed by atoms with Crippen molar-refractivity contribution < 1.29 is 14.3 Å². The van der Waals surface area contributed by atoms with E-state index in [-0.39, 0.29) is 24.5 Å². The van der Waals surface area contributed by atoms with E-state index in [1.807, 2.05) is 6.92 Å². The van der Waals surface area contributed by atoms with E-state index in [0.29, 0.717) is 11.5 Å². The number of nitrogens with one attached hydrogen (secondary N) is 2. The number of hydrogen-bond acceptors (Lipinski definition) is 4. The SMILES string of the molecule is COC(=O)c1ccc(NCC(=O)N[C@@H](C)C(C)C)cc1. The molecule has 110 valence electrons. The number of carbonyl (C=O) groups excluding carboxylic acids is 2. The smallest absolute Gasteiger partial charge is 0.337 e. The Balaban J connectivity index is 2.46. The first-order valence-electron chi connectivity index (χ1n) is 6.65. The lowest BCUT2D eigenvalue weighted by atomic mass is 10.1. The zero-order chi connectivity index (χ0) is 15.1. The van der Waals surface area contributed by atoms with Crippen LogP contribution in [0, 0.1) is 5.92 Å². The van der Waals surface area contributed by atoms with E-state index >= 15 is 0 Å². The fraction of sp³-hybridized carbons (Fsp3) is 0.467. The van der Waals surface area contributed by atoms with Crippen LogP contribution in [-0.4, -0.2) is 31.6 Å². The number of hydrogen-bond donors (Lipinski definition) is 2. The molecule has 0 aliphatic rings.